The zero-order chi connectivity index (χ0) is 12.3. The molecule has 1 aromatic rings. The fourth-order valence-electron chi connectivity index (χ4n) is 1.57. The van der Waals surface area contributed by atoms with Crippen LogP contribution >= 0.6 is 0 Å². The molecule has 1 unspecified atom stereocenters. The van der Waals surface area contributed by atoms with E-state index in [9.17, 15) is 13.2 Å². The number of hydrogen-bond acceptors (Lipinski definition) is 2. The Balaban J connectivity index is 3.04. The molecule has 0 amide bonds. The van der Waals surface area contributed by atoms with Gasteiger partial charge < -0.3 is 10.6 Å². The molecule has 1 rings (SSSR count). The van der Waals surface area contributed by atoms with Crippen molar-refractivity contribution in [2.45, 2.75) is 12.2 Å². The van der Waals surface area contributed by atoms with Gasteiger partial charge in [0, 0.05) is 12.6 Å². The number of nitrogens with zero attached hydrogens (tertiary/aromatic N) is 1. The maximum Gasteiger partial charge on any atom is 0.416 e. The largest absolute Gasteiger partial charge is 0.416 e. The fourth-order valence-corrected chi connectivity index (χ4v) is 1.57. The SMILES string of the molecule is CN(C)CC(N)c1ccccc1C(F)(F)F. The maximum absolute atomic E-state index is 12.7. The Labute approximate surface area is 92.9 Å². The molecule has 0 heterocycles. The average Bonchev–Trinajstić information content (AvgIpc) is 2.15. The van der Waals surface area contributed by atoms with Crippen LogP contribution in [0.5, 0.6) is 0 Å². The molecular weight excluding hydrogens is 217 g/mol. The normalized spacial score (nSPS) is 14.2. The van der Waals surface area contributed by atoms with Crippen molar-refractivity contribution in [1.29, 1.82) is 0 Å². The summed E-state index contributed by atoms with van der Waals surface area (Å²) in [5.74, 6) is 0. The molecule has 2 nitrogen and oxygen atoms in total. The van der Waals surface area contributed by atoms with Crippen LogP contribution in [0.2, 0.25) is 0 Å². The van der Waals surface area contributed by atoms with Crippen LogP contribution in [0.3, 0.4) is 0 Å². The van der Waals surface area contributed by atoms with Crippen molar-refractivity contribution in [3.63, 3.8) is 0 Å². The van der Waals surface area contributed by atoms with E-state index in [-0.39, 0.29) is 5.56 Å². The summed E-state index contributed by atoms with van der Waals surface area (Å²) in [7, 11) is 3.55. The monoisotopic (exact) mass is 232 g/mol. The van der Waals surface area contributed by atoms with E-state index in [0.29, 0.717) is 6.54 Å². The molecule has 0 saturated carbocycles. The Hall–Kier alpha value is -1.07. The van der Waals surface area contributed by atoms with E-state index < -0.39 is 17.8 Å². The summed E-state index contributed by atoms with van der Waals surface area (Å²) in [6.07, 6.45) is -4.35. The van der Waals surface area contributed by atoms with Crippen molar-refractivity contribution in [1.82, 2.24) is 4.90 Å². The van der Waals surface area contributed by atoms with Crippen LogP contribution in [0.1, 0.15) is 17.2 Å². The molecule has 1 aromatic carbocycles. The molecular formula is C11H15F3N2. The van der Waals surface area contributed by atoms with Crippen LogP contribution in [-0.4, -0.2) is 25.5 Å². The summed E-state index contributed by atoms with van der Waals surface area (Å²) in [6, 6.07) is 4.80. The minimum Gasteiger partial charge on any atom is -0.323 e. The zero-order valence-corrected chi connectivity index (χ0v) is 9.25. The van der Waals surface area contributed by atoms with Gasteiger partial charge in [0.25, 0.3) is 0 Å². The summed E-state index contributed by atoms with van der Waals surface area (Å²) < 4.78 is 38.0. The molecule has 0 saturated heterocycles. The van der Waals surface area contributed by atoms with Crippen molar-refractivity contribution < 1.29 is 13.2 Å². The summed E-state index contributed by atoms with van der Waals surface area (Å²) in [5.41, 5.74) is 5.25. The van der Waals surface area contributed by atoms with E-state index in [1.165, 1.54) is 12.1 Å². The van der Waals surface area contributed by atoms with Crippen molar-refractivity contribution in [2.75, 3.05) is 20.6 Å². The molecule has 0 radical (unpaired) electrons. The highest BCUT2D eigenvalue weighted by atomic mass is 19.4. The molecule has 0 spiro atoms. The number of nitrogens with two attached hydrogens (primary N) is 1. The van der Waals surface area contributed by atoms with Crippen LogP contribution in [-0.2, 0) is 6.18 Å². The van der Waals surface area contributed by atoms with Crippen molar-refractivity contribution in [3.8, 4) is 0 Å². The van der Waals surface area contributed by atoms with E-state index in [1.54, 1.807) is 25.1 Å². The predicted molar refractivity (Wildman–Crippen MR) is 56.9 cm³/mol. The Bertz CT molecular complexity index is 347. The van der Waals surface area contributed by atoms with E-state index in [0.717, 1.165) is 6.07 Å². The first kappa shape index (κ1) is 13.0. The number of alkyl halides is 3. The lowest BCUT2D eigenvalue weighted by molar-refractivity contribution is -0.138. The number of halogens is 3. The van der Waals surface area contributed by atoms with Crippen LogP contribution in [0.4, 0.5) is 13.2 Å². The molecule has 0 fully saturated rings. The van der Waals surface area contributed by atoms with Crippen LogP contribution in [0.25, 0.3) is 0 Å². The Morgan fingerprint density at radius 3 is 2.31 bits per heavy atom. The predicted octanol–water partition coefficient (Wildman–Crippen LogP) is 2.27. The highest BCUT2D eigenvalue weighted by Crippen LogP contribution is 2.33. The minimum atomic E-state index is -4.35. The van der Waals surface area contributed by atoms with E-state index in [1.807, 2.05) is 0 Å². The second-order valence-corrected chi connectivity index (χ2v) is 3.95. The molecule has 0 aliphatic carbocycles. The quantitative estimate of drug-likeness (QED) is 0.866. The lowest BCUT2D eigenvalue weighted by atomic mass is 10.0. The summed E-state index contributed by atoms with van der Waals surface area (Å²) in [4.78, 5) is 1.76. The fraction of sp³-hybridized carbons (Fsp3) is 0.455. The molecule has 0 aliphatic heterocycles. The van der Waals surface area contributed by atoms with Gasteiger partial charge in [0.05, 0.1) is 5.56 Å². The zero-order valence-electron chi connectivity index (χ0n) is 9.25. The van der Waals surface area contributed by atoms with Gasteiger partial charge in [-0.25, -0.2) is 0 Å². The van der Waals surface area contributed by atoms with E-state index in [2.05, 4.69) is 0 Å². The Kier molecular flexibility index (Phi) is 3.93. The minimum absolute atomic E-state index is 0.142. The molecule has 0 aromatic heterocycles. The molecule has 0 aliphatic rings. The average molecular weight is 232 g/mol. The van der Waals surface area contributed by atoms with Crippen molar-refractivity contribution in [3.05, 3.63) is 35.4 Å². The third-order valence-electron chi connectivity index (χ3n) is 2.23. The number of likely N-dealkylation sites (N-methyl/N-ethyl adjacent to an activating group) is 1. The molecule has 2 N–H and O–H groups in total. The van der Waals surface area contributed by atoms with E-state index >= 15 is 0 Å². The lowest BCUT2D eigenvalue weighted by Crippen LogP contribution is -2.28. The second-order valence-electron chi connectivity index (χ2n) is 3.95. The first-order valence-corrected chi connectivity index (χ1v) is 4.89. The van der Waals surface area contributed by atoms with Gasteiger partial charge in [-0.2, -0.15) is 13.2 Å². The molecule has 5 heteroatoms. The van der Waals surface area contributed by atoms with Gasteiger partial charge in [0.1, 0.15) is 0 Å². The van der Waals surface area contributed by atoms with Crippen molar-refractivity contribution >= 4 is 0 Å². The second kappa shape index (κ2) is 4.84. The van der Waals surface area contributed by atoms with Gasteiger partial charge in [-0.3, -0.25) is 0 Å². The Morgan fingerprint density at radius 1 is 1.25 bits per heavy atom. The van der Waals surface area contributed by atoms with Crippen LogP contribution in [0, 0.1) is 0 Å². The summed E-state index contributed by atoms with van der Waals surface area (Å²) in [6.45, 7) is 0.382. The standard InChI is InChI=1S/C11H15F3N2/c1-16(2)7-10(15)8-5-3-4-6-9(8)11(12,13)14/h3-6,10H,7,15H2,1-2H3. The van der Waals surface area contributed by atoms with Crippen LogP contribution < -0.4 is 5.73 Å². The van der Waals surface area contributed by atoms with Crippen molar-refractivity contribution in [2.24, 2.45) is 5.73 Å². The third kappa shape index (κ3) is 3.21. The van der Waals surface area contributed by atoms with E-state index in [4.69, 9.17) is 5.73 Å². The maximum atomic E-state index is 12.7. The summed E-state index contributed by atoms with van der Waals surface area (Å²) in [5, 5.41) is 0. The highest BCUT2D eigenvalue weighted by molar-refractivity contribution is 5.32. The van der Waals surface area contributed by atoms with Crippen LogP contribution in [0.15, 0.2) is 24.3 Å². The third-order valence-corrected chi connectivity index (χ3v) is 2.23. The highest BCUT2D eigenvalue weighted by Gasteiger charge is 2.34. The van der Waals surface area contributed by atoms with Gasteiger partial charge in [0.15, 0.2) is 0 Å². The molecule has 0 bridgehead atoms. The number of benzene rings is 1. The number of hydrogen-bond donors (Lipinski definition) is 1. The van der Waals surface area contributed by atoms with Gasteiger partial charge in [0.2, 0.25) is 0 Å². The first-order chi connectivity index (χ1) is 7.32. The molecule has 1 atom stereocenters. The van der Waals surface area contributed by atoms with Gasteiger partial charge >= 0.3 is 6.18 Å². The summed E-state index contributed by atoms with van der Waals surface area (Å²) >= 11 is 0. The Morgan fingerprint density at radius 2 is 1.81 bits per heavy atom. The molecule has 90 valence electrons. The van der Waals surface area contributed by atoms with Gasteiger partial charge in [-0.15, -0.1) is 0 Å². The van der Waals surface area contributed by atoms with Gasteiger partial charge in [-0.1, -0.05) is 18.2 Å². The first-order valence-electron chi connectivity index (χ1n) is 4.89. The topological polar surface area (TPSA) is 29.3 Å². The smallest absolute Gasteiger partial charge is 0.323 e. The molecule has 16 heavy (non-hydrogen) atoms. The number of rotatable bonds is 3. The van der Waals surface area contributed by atoms with Gasteiger partial charge in [-0.05, 0) is 25.7 Å². The lowest BCUT2D eigenvalue weighted by Gasteiger charge is -2.21.